The van der Waals surface area contributed by atoms with Gasteiger partial charge < -0.3 is 4.90 Å². The highest BCUT2D eigenvalue weighted by Crippen LogP contribution is 2.56. The van der Waals surface area contributed by atoms with Crippen LogP contribution < -0.4 is 4.90 Å². The van der Waals surface area contributed by atoms with Crippen LogP contribution in [0.3, 0.4) is 0 Å². The molecule has 0 saturated heterocycles. The number of fused-ring (bicyclic) bond motifs is 6. The van der Waals surface area contributed by atoms with E-state index in [-0.39, 0.29) is 0 Å². The summed E-state index contributed by atoms with van der Waals surface area (Å²) in [6.45, 7) is 0. The fourth-order valence-electron chi connectivity index (χ4n) is 9.03. The van der Waals surface area contributed by atoms with E-state index in [2.05, 4.69) is 211 Å². The molecule has 0 spiro atoms. The van der Waals surface area contributed by atoms with Crippen LogP contribution in [-0.2, 0) is 5.41 Å². The predicted octanol–water partition coefficient (Wildman–Crippen LogP) is 14.6. The molecule has 1 aliphatic rings. The molecular weight excluding hydrogens is 709 g/mol. The second kappa shape index (κ2) is 13.6. The van der Waals surface area contributed by atoms with Crippen LogP contribution in [0.25, 0.3) is 53.7 Å². The second-order valence-electron chi connectivity index (χ2n) is 14.7. The van der Waals surface area contributed by atoms with Crippen LogP contribution in [0.1, 0.15) is 22.3 Å². The molecule has 0 saturated carbocycles. The highest BCUT2D eigenvalue weighted by Gasteiger charge is 2.45. The van der Waals surface area contributed by atoms with Crippen LogP contribution in [0.2, 0.25) is 0 Å². The summed E-state index contributed by atoms with van der Waals surface area (Å²) in [6, 6.07) is 77.2. The topological polar surface area (TPSA) is 16.1 Å². The van der Waals surface area contributed by atoms with Gasteiger partial charge in [0.15, 0.2) is 0 Å². The zero-order valence-electron chi connectivity index (χ0n) is 31.1. The first-order valence-corrected chi connectivity index (χ1v) is 20.3. The molecule has 268 valence electrons. The summed E-state index contributed by atoms with van der Waals surface area (Å²) in [5.74, 6) is 0. The van der Waals surface area contributed by atoms with Crippen LogP contribution >= 0.6 is 11.3 Å². The molecular formula is C54H36N2S. The zero-order valence-corrected chi connectivity index (χ0v) is 31.9. The molecule has 2 heterocycles. The van der Waals surface area contributed by atoms with Crippen molar-refractivity contribution in [1.29, 1.82) is 0 Å². The summed E-state index contributed by atoms with van der Waals surface area (Å²) in [7, 11) is 0. The largest absolute Gasteiger partial charge is 0.309 e. The Morgan fingerprint density at radius 1 is 0.386 bits per heavy atom. The van der Waals surface area contributed by atoms with Crippen molar-refractivity contribution in [2.45, 2.75) is 5.41 Å². The number of benzene rings is 8. The van der Waals surface area contributed by atoms with Gasteiger partial charge in [-0.1, -0.05) is 158 Å². The molecule has 8 aromatic carbocycles. The molecule has 0 radical (unpaired) electrons. The zero-order chi connectivity index (χ0) is 37.8. The van der Waals surface area contributed by atoms with E-state index in [9.17, 15) is 0 Å². The highest BCUT2D eigenvalue weighted by molar-refractivity contribution is 7.25. The van der Waals surface area contributed by atoms with Crippen LogP contribution in [0.15, 0.2) is 219 Å². The molecule has 0 amide bonds. The molecule has 11 rings (SSSR count). The summed E-state index contributed by atoms with van der Waals surface area (Å²) in [4.78, 5) is 7.29. The minimum absolute atomic E-state index is 0.451. The van der Waals surface area contributed by atoms with Crippen molar-refractivity contribution in [2.24, 2.45) is 0 Å². The van der Waals surface area contributed by atoms with Gasteiger partial charge in [0, 0.05) is 37.1 Å². The third-order valence-electron chi connectivity index (χ3n) is 11.6. The van der Waals surface area contributed by atoms with Gasteiger partial charge in [-0.25, -0.2) is 0 Å². The quantitative estimate of drug-likeness (QED) is 0.162. The normalized spacial score (nSPS) is 12.7. The van der Waals surface area contributed by atoms with E-state index in [1.54, 1.807) is 0 Å². The number of pyridine rings is 1. The van der Waals surface area contributed by atoms with Gasteiger partial charge in [-0.05, 0) is 99.1 Å². The fourth-order valence-corrected chi connectivity index (χ4v) is 10.1. The molecule has 0 unspecified atom stereocenters. The highest BCUT2D eigenvalue weighted by atomic mass is 32.1. The van der Waals surface area contributed by atoms with E-state index in [1.165, 1.54) is 64.7 Å². The molecule has 3 heteroatoms. The number of anilines is 3. The van der Waals surface area contributed by atoms with Gasteiger partial charge in [-0.15, -0.1) is 11.3 Å². The molecule has 0 atom stereocenters. The van der Waals surface area contributed by atoms with E-state index in [1.807, 2.05) is 23.6 Å². The smallest absolute Gasteiger partial charge is 0.0713 e. The van der Waals surface area contributed by atoms with E-state index < -0.39 is 5.41 Å². The Bertz CT molecular complexity index is 2990. The Balaban J connectivity index is 1.03. The Hall–Kier alpha value is -7.07. The molecule has 0 aliphatic heterocycles. The maximum Gasteiger partial charge on any atom is 0.0713 e. The van der Waals surface area contributed by atoms with Gasteiger partial charge in [0.25, 0.3) is 0 Å². The first kappa shape index (κ1) is 33.3. The van der Waals surface area contributed by atoms with Crippen molar-refractivity contribution in [3.05, 3.63) is 241 Å². The van der Waals surface area contributed by atoms with Crippen molar-refractivity contribution in [3.63, 3.8) is 0 Å². The molecule has 1 aliphatic carbocycles. The van der Waals surface area contributed by atoms with Gasteiger partial charge >= 0.3 is 0 Å². The maximum absolute atomic E-state index is 4.98. The Morgan fingerprint density at radius 2 is 0.930 bits per heavy atom. The maximum atomic E-state index is 4.98. The van der Waals surface area contributed by atoms with Crippen molar-refractivity contribution in [3.8, 4) is 33.5 Å². The number of hydrogen-bond acceptors (Lipinski definition) is 3. The average molecular weight is 745 g/mol. The number of rotatable bonds is 7. The third-order valence-corrected chi connectivity index (χ3v) is 12.8. The predicted molar refractivity (Wildman–Crippen MR) is 240 cm³/mol. The number of thiophene rings is 1. The van der Waals surface area contributed by atoms with Gasteiger partial charge in [-0.3, -0.25) is 4.98 Å². The van der Waals surface area contributed by atoms with E-state index in [0.29, 0.717) is 0 Å². The minimum Gasteiger partial charge on any atom is -0.309 e. The standard InChI is InChI=1S/C54H36N2S/c1-3-13-38(14-4-1)51-33-32-44(36-55-51)56(42-28-23-37(24-29-42)39-25-34-53-48(35-39)47-19-9-12-22-52(47)57-53)43-30-26-41(27-31-43)54(40-15-5-2-6-16-40)49-20-10-7-17-45(49)46-18-8-11-21-50(46)54/h1-36H. The van der Waals surface area contributed by atoms with E-state index >= 15 is 0 Å². The average Bonchev–Trinajstić information content (AvgIpc) is 3.81. The second-order valence-corrected chi connectivity index (χ2v) is 15.8. The minimum atomic E-state index is -0.451. The van der Waals surface area contributed by atoms with E-state index in [0.717, 1.165) is 28.3 Å². The summed E-state index contributed by atoms with van der Waals surface area (Å²) in [6.07, 6.45) is 1.99. The monoisotopic (exact) mass is 744 g/mol. The van der Waals surface area contributed by atoms with Crippen LogP contribution in [0, 0.1) is 0 Å². The van der Waals surface area contributed by atoms with Crippen molar-refractivity contribution in [1.82, 2.24) is 4.98 Å². The lowest BCUT2D eigenvalue weighted by Crippen LogP contribution is -2.28. The molecule has 0 N–H and O–H groups in total. The van der Waals surface area contributed by atoms with Gasteiger partial charge in [0.2, 0.25) is 0 Å². The lowest BCUT2D eigenvalue weighted by atomic mass is 9.68. The number of hydrogen-bond donors (Lipinski definition) is 0. The number of aromatic nitrogens is 1. The molecule has 57 heavy (non-hydrogen) atoms. The molecule has 2 aromatic heterocycles. The van der Waals surface area contributed by atoms with Crippen LogP contribution in [0.4, 0.5) is 17.1 Å². The third kappa shape index (κ3) is 5.43. The summed E-state index contributed by atoms with van der Waals surface area (Å²) in [5, 5.41) is 2.62. The van der Waals surface area contributed by atoms with Crippen LogP contribution in [-0.4, -0.2) is 4.98 Å². The Kier molecular flexibility index (Phi) is 7.94. The van der Waals surface area contributed by atoms with Gasteiger partial charge in [0.1, 0.15) is 0 Å². The first-order chi connectivity index (χ1) is 28.3. The van der Waals surface area contributed by atoms with Crippen molar-refractivity contribution in [2.75, 3.05) is 4.90 Å². The Labute approximate surface area is 336 Å². The molecule has 2 nitrogen and oxygen atoms in total. The Morgan fingerprint density at radius 3 is 1.61 bits per heavy atom. The molecule has 10 aromatic rings. The summed E-state index contributed by atoms with van der Waals surface area (Å²) >= 11 is 1.85. The van der Waals surface area contributed by atoms with E-state index in [4.69, 9.17) is 4.98 Å². The molecule has 0 fully saturated rings. The van der Waals surface area contributed by atoms with Gasteiger partial charge in [0.05, 0.1) is 23.0 Å². The lowest BCUT2D eigenvalue weighted by molar-refractivity contribution is 0.768. The summed E-state index contributed by atoms with van der Waals surface area (Å²) in [5.41, 5.74) is 14.8. The van der Waals surface area contributed by atoms with Gasteiger partial charge in [-0.2, -0.15) is 0 Å². The summed E-state index contributed by atoms with van der Waals surface area (Å²) < 4.78 is 2.64. The SMILES string of the molecule is c1ccc(-c2ccc(N(c3ccc(-c4ccc5sc6ccccc6c5c4)cc3)c3ccc(C4(c5ccccc5)c5ccccc5-c5ccccc54)cc3)cn2)cc1. The van der Waals surface area contributed by atoms with Crippen molar-refractivity contribution < 1.29 is 0 Å². The lowest BCUT2D eigenvalue weighted by Gasteiger charge is -2.34. The van der Waals surface area contributed by atoms with Crippen LogP contribution in [0.5, 0.6) is 0 Å². The van der Waals surface area contributed by atoms with Crippen molar-refractivity contribution >= 4 is 48.6 Å². The first-order valence-electron chi connectivity index (χ1n) is 19.4. The number of nitrogens with zero attached hydrogens (tertiary/aromatic N) is 2. The fraction of sp³-hybridized carbons (Fsp3) is 0.0185. The molecule has 0 bridgehead atoms.